The lowest BCUT2D eigenvalue weighted by Gasteiger charge is -2.02. The summed E-state index contributed by atoms with van der Waals surface area (Å²) < 4.78 is 0.750. The van der Waals surface area contributed by atoms with Crippen molar-refractivity contribution in [2.24, 2.45) is 0 Å². The van der Waals surface area contributed by atoms with Crippen LogP contribution >= 0.6 is 12.2 Å². The molecule has 2 nitrogen and oxygen atoms in total. The highest BCUT2D eigenvalue weighted by molar-refractivity contribution is 7.71. The Labute approximate surface area is 71.7 Å². The Morgan fingerprint density at radius 1 is 1.45 bits per heavy atom. The zero-order valence-corrected chi connectivity index (χ0v) is 7.88. The number of nitrogens with zero attached hydrogens (tertiary/aromatic N) is 1. The molecule has 0 saturated heterocycles. The second kappa shape index (κ2) is 3.13. The summed E-state index contributed by atoms with van der Waals surface area (Å²) in [6.07, 6.45) is 0.957. The smallest absolute Gasteiger partial charge is 0.124 e. The summed E-state index contributed by atoms with van der Waals surface area (Å²) in [6.45, 7) is 6.02. The van der Waals surface area contributed by atoms with Crippen molar-refractivity contribution in [1.29, 1.82) is 0 Å². The molecular formula is C8H12N2S. The standard InChI is InChI=1S/C8H12N2S/c1-4-7-5(2)10-8(11)6(3)9-7/h4H2,1-3H3,(H,10,11). The third-order valence-corrected chi connectivity index (χ3v) is 2.10. The van der Waals surface area contributed by atoms with Crippen molar-refractivity contribution >= 4 is 12.2 Å². The molecule has 0 aromatic carbocycles. The minimum atomic E-state index is 0.750. The lowest BCUT2D eigenvalue weighted by atomic mass is 10.2. The maximum atomic E-state index is 5.03. The highest BCUT2D eigenvalue weighted by atomic mass is 32.1. The van der Waals surface area contributed by atoms with Crippen LogP contribution in [-0.4, -0.2) is 9.97 Å². The zero-order valence-electron chi connectivity index (χ0n) is 7.06. The van der Waals surface area contributed by atoms with E-state index in [1.54, 1.807) is 0 Å². The maximum absolute atomic E-state index is 5.03. The van der Waals surface area contributed by atoms with Gasteiger partial charge in [-0.1, -0.05) is 19.1 Å². The molecule has 0 spiro atoms. The summed E-state index contributed by atoms with van der Waals surface area (Å²) in [5, 5.41) is 0. The largest absolute Gasteiger partial charge is 0.347 e. The van der Waals surface area contributed by atoms with Gasteiger partial charge in [0.25, 0.3) is 0 Å². The van der Waals surface area contributed by atoms with Crippen molar-refractivity contribution in [3.8, 4) is 0 Å². The van der Waals surface area contributed by atoms with Crippen molar-refractivity contribution in [3.05, 3.63) is 21.7 Å². The van der Waals surface area contributed by atoms with E-state index in [1.165, 1.54) is 0 Å². The SMILES string of the molecule is CCc1nc(C)c(=S)[nH]c1C. The van der Waals surface area contributed by atoms with Crippen LogP contribution in [0.1, 0.15) is 24.0 Å². The van der Waals surface area contributed by atoms with Gasteiger partial charge in [0, 0.05) is 5.69 Å². The highest BCUT2D eigenvalue weighted by Gasteiger charge is 1.98. The Morgan fingerprint density at radius 3 is 2.64 bits per heavy atom. The van der Waals surface area contributed by atoms with E-state index in [4.69, 9.17) is 12.2 Å². The summed E-state index contributed by atoms with van der Waals surface area (Å²) in [6, 6.07) is 0. The number of nitrogens with one attached hydrogen (secondary N) is 1. The van der Waals surface area contributed by atoms with Crippen molar-refractivity contribution in [3.63, 3.8) is 0 Å². The quantitative estimate of drug-likeness (QED) is 0.652. The summed E-state index contributed by atoms with van der Waals surface area (Å²) in [5.41, 5.74) is 3.11. The number of rotatable bonds is 1. The maximum Gasteiger partial charge on any atom is 0.124 e. The first-order valence-corrected chi connectivity index (χ1v) is 4.12. The van der Waals surface area contributed by atoms with Crippen LogP contribution in [0.4, 0.5) is 0 Å². The van der Waals surface area contributed by atoms with Crippen LogP contribution in [0.25, 0.3) is 0 Å². The molecular weight excluding hydrogens is 156 g/mol. The Morgan fingerprint density at radius 2 is 2.09 bits per heavy atom. The van der Waals surface area contributed by atoms with E-state index < -0.39 is 0 Å². The fourth-order valence-electron chi connectivity index (χ4n) is 1.01. The topological polar surface area (TPSA) is 28.7 Å². The monoisotopic (exact) mass is 168 g/mol. The van der Waals surface area contributed by atoms with Gasteiger partial charge in [-0.3, -0.25) is 4.98 Å². The van der Waals surface area contributed by atoms with Gasteiger partial charge < -0.3 is 4.98 Å². The van der Waals surface area contributed by atoms with Crippen LogP contribution in [0.5, 0.6) is 0 Å². The molecule has 1 rings (SSSR count). The molecule has 0 bridgehead atoms. The van der Waals surface area contributed by atoms with Crippen LogP contribution in [0, 0.1) is 18.5 Å². The van der Waals surface area contributed by atoms with Crippen LogP contribution in [-0.2, 0) is 6.42 Å². The highest BCUT2D eigenvalue weighted by Crippen LogP contribution is 2.04. The lowest BCUT2D eigenvalue weighted by Crippen LogP contribution is -1.98. The van der Waals surface area contributed by atoms with Crippen molar-refractivity contribution in [2.45, 2.75) is 27.2 Å². The molecule has 0 aliphatic heterocycles. The van der Waals surface area contributed by atoms with Gasteiger partial charge in [-0.15, -0.1) is 0 Å². The molecule has 0 amide bonds. The minimum Gasteiger partial charge on any atom is -0.347 e. The Hall–Kier alpha value is -0.700. The number of hydrogen-bond donors (Lipinski definition) is 1. The summed E-state index contributed by atoms with van der Waals surface area (Å²) in [5.74, 6) is 0. The van der Waals surface area contributed by atoms with Crippen LogP contribution in [0.3, 0.4) is 0 Å². The van der Waals surface area contributed by atoms with E-state index in [0.29, 0.717) is 0 Å². The molecule has 0 atom stereocenters. The minimum absolute atomic E-state index is 0.750. The summed E-state index contributed by atoms with van der Waals surface area (Å²) in [7, 11) is 0. The fraction of sp³-hybridized carbons (Fsp3) is 0.500. The molecule has 0 aliphatic carbocycles. The van der Waals surface area contributed by atoms with Crippen molar-refractivity contribution in [2.75, 3.05) is 0 Å². The van der Waals surface area contributed by atoms with Gasteiger partial charge in [0.1, 0.15) is 4.64 Å². The third kappa shape index (κ3) is 1.66. The number of H-pyrrole nitrogens is 1. The molecule has 0 unspecified atom stereocenters. The lowest BCUT2D eigenvalue weighted by molar-refractivity contribution is 0.922. The average Bonchev–Trinajstić information content (AvgIpc) is 1.97. The molecule has 1 heterocycles. The van der Waals surface area contributed by atoms with Gasteiger partial charge in [-0.2, -0.15) is 0 Å². The second-order valence-corrected chi connectivity index (χ2v) is 2.98. The summed E-state index contributed by atoms with van der Waals surface area (Å²) in [4.78, 5) is 7.47. The molecule has 60 valence electrons. The molecule has 1 N–H and O–H groups in total. The van der Waals surface area contributed by atoms with Crippen LogP contribution in [0.2, 0.25) is 0 Å². The molecule has 0 saturated carbocycles. The number of hydrogen-bond acceptors (Lipinski definition) is 2. The number of aromatic nitrogens is 2. The van der Waals surface area contributed by atoms with Gasteiger partial charge in [0.05, 0.1) is 11.4 Å². The Kier molecular flexibility index (Phi) is 2.39. The van der Waals surface area contributed by atoms with E-state index in [0.717, 1.165) is 28.1 Å². The van der Waals surface area contributed by atoms with E-state index in [1.807, 2.05) is 13.8 Å². The molecule has 0 aliphatic rings. The van der Waals surface area contributed by atoms with E-state index in [-0.39, 0.29) is 0 Å². The fourth-order valence-corrected chi connectivity index (χ4v) is 1.21. The number of aryl methyl sites for hydroxylation is 3. The van der Waals surface area contributed by atoms with Gasteiger partial charge in [-0.05, 0) is 20.3 Å². The zero-order chi connectivity index (χ0) is 8.43. The molecule has 11 heavy (non-hydrogen) atoms. The molecule has 1 aromatic heterocycles. The Balaban J connectivity index is 3.32. The molecule has 3 heteroatoms. The van der Waals surface area contributed by atoms with Gasteiger partial charge in [0.2, 0.25) is 0 Å². The second-order valence-electron chi connectivity index (χ2n) is 2.58. The predicted molar refractivity (Wildman–Crippen MR) is 48.3 cm³/mol. The molecule has 0 fully saturated rings. The van der Waals surface area contributed by atoms with E-state index in [9.17, 15) is 0 Å². The van der Waals surface area contributed by atoms with Gasteiger partial charge in [-0.25, -0.2) is 0 Å². The third-order valence-electron chi connectivity index (χ3n) is 1.70. The summed E-state index contributed by atoms with van der Waals surface area (Å²) >= 11 is 5.03. The molecule has 0 radical (unpaired) electrons. The van der Waals surface area contributed by atoms with Crippen molar-refractivity contribution < 1.29 is 0 Å². The Bertz CT molecular complexity index is 314. The van der Waals surface area contributed by atoms with E-state index >= 15 is 0 Å². The predicted octanol–water partition coefficient (Wildman–Crippen LogP) is 2.32. The van der Waals surface area contributed by atoms with Crippen molar-refractivity contribution in [1.82, 2.24) is 9.97 Å². The average molecular weight is 168 g/mol. The normalized spacial score (nSPS) is 10.1. The van der Waals surface area contributed by atoms with Crippen LogP contribution in [0.15, 0.2) is 0 Å². The van der Waals surface area contributed by atoms with E-state index in [2.05, 4.69) is 16.9 Å². The first kappa shape index (κ1) is 8.40. The van der Waals surface area contributed by atoms with Gasteiger partial charge in [0.15, 0.2) is 0 Å². The molecule has 1 aromatic rings. The first-order chi connectivity index (χ1) is 5.15. The number of aromatic amines is 1. The first-order valence-electron chi connectivity index (χ1n) is 3.71. The van der Waals surface area contributed by atoms with Crippen LogP contribution < -0.4 is 0 Å². The van der Waals surface area contributed by atoms with Gasteiger partial charge >= 0.3 is 0 Å².